The first kappa shape index (κ1) is 21.6. The van der Waals surface area contributed by atoms with E-state index in [0.29, 0.717) is 11.3 Å². The SMILES string of the molecule is CCOC(=O)c1ccc(C(=O)NC(CC(=O)OC)c2cccc(Br)c2)nc1C. The van der Waals surface area contributed by atoms with Crippen LogP contribution in [0.5, 0.6) is 0 Å². The molecule has 1 unspecified atom stereocenters. The van der Waals surface area contributed by atoms with Crippen molar-refractivity contribution in [2.45, 2.75) is 26.3 Å². The van der Waals surface area contributed by atoms with Gasteiger partial charge in [0.05, 0.1) is 37.4 Å². The number of esters is 2. The molecule has 2 aromatic rings. The van der Waals surface area contributed by atoms with Crippen molar-refractivity contribution in [1.82, 2.24) is 10.3 Å². The van der Waals surface area contributed by atoms with Crippen LogP contribution in [0.4, 0.5) is 0 Å². The number of hydrogen-bond donors (Lipinski definition) is 1. The molecule has 1 aromatic heterocycles. The molecule has 7 nitrogen and oxygen atoms in total. The molecule has 1 aromatic carbocycles. The van der Waals surface area contributed by atoms with E-state index in [2.05, 4.69) is 26.2 Å². The van der Waals surface area contributed by atoms with Crippen LogP contribution in [-0.2, 0) is 14.3 Å². The quantitative estimate of drug-likeness (QED) is 0.652. The second-order valence-corrected chi connectivity index (χ2v) is 6.83. The molecule has 0 spiro atoms. The minimum atomic E-state index is -0.593. The summed E-state index contributed by atoms with van der Waals surface area (Å²) < 4.78 is 10.5. The lowest BCUT2D eigenvalue weighted by molar-refractivity contribution is -0.141. The number of benzene rings is 1. The van der Waals surface area contributed by atoms with Crippen LogP contribution < -0.4 is 5.32 Å². The highest BCUT2D eigenvalue weighted by atomic mass is 79.9. The third-order valence-electron chi connectivity index (χ3n) is 3.97. The maximum absolute atomic E-state index is 12.7. The summed E-state index contributed by atoms with van der Waals surface area (Å²) in [6.07, 6.45) is -0.0292. The number of aromatic nitrogens is 1. The first-order valence-electron chi connectivity index (χ1n) is 8.63. The molecule has 0 saturated carbocycles. The van der Waals surface area contributed by atoms with E-state index < -0.39 is 23.9 Å². The van der Waals surface area contributed by atoms with Gasteiger partial charge >= 0.3 is 11.9 Å². The van der Waals surface area contributed by atoms with Crippen LogP contribution in [0.15, 0.2) is 40.9 Å². The third kappa shape index (κ3) is 5.63. The van der Waals surface area contributed by atoms with Crippen LogP contribution in [0.1, 0.15) is 51.5 Å². The van der Waals surface area contributed by atoms with Gasteiger partial charge in [0.15, 0.2) is 0 Å². The molecule has 148 valence electrons. The summed E-state index contributed by atoms with van der Waals surface area (Å²) in [5, 5.41) is 2.80. The highest BCUT2D eigenvalue weighted by Gasteiger charge is 2.21. The lowest BCUT2D eigenvalue weighted by atomic mass is 10.0. The van der Waals surface area contributed by atoms with E-state index >= 15 is 0 Å². The van der Waals surface area contributed by atoms with Crippen molar-refractivity contribution in [3.8, 4) is 0 Å². The number of amides is 1. The summed E-state index contributed by atoms with van der Waals surface area (Å²) in [6, 6.07) is 9.64. The van der Waals surface area contributed by atoms with Crippen LogP contribution in [0.2, 0.25) is 0 Å². The molecule has 1 N–H and O–H groups in total. The van der Waals surface area contributed by atoms with Gasteiger partial charge in [0.1, 0.15) is 5.69 Å². The fourth-order valence-electron chi connectivity index (χ4n) is 2.57. The van der Waals surface area contributed by atoms with Crippen LogP contribution in [-0.4, -0.2) is 36.5 Å². The lowest BCUT2D eigenvalue weighted by Gasteiger charge is -2.18. The van der Waals surface area contributed by atoms with Gasteiger partial charge in [0.2, 0.25) is 0 Å². The normalized spacial score (nSPS) is 11.4. The first-order chi connectivity index (χ1) is 13.3. The van der Waals surface area contributed by atoms with Gasteiger partial charge in [0.25, 0.3) is 5.91 Å². The number of pyridine rings is 1. The summed E-state index contributed by atoms with van der Waals surface area (Å²) in [5.74, 6) is -1.41. The fourth-order valence-corrected chi connectivity index (χ4v) is 2.99. The predicted octanol–water partition coefficient (Wildman–Crippen LogP) is 3.36. The molecule has 0 aliphatic carbocycles. The van der Waals surface area contributed by atoms with Crippen molar-refractivity contribution in [1.29, 1.82) is 0 Å². The van der Waals surface area contributed by atoms with E-state index in [9.17, 15) is 14.4 Å². The molecule has 2 rings (SSSR count). The highest BCUT2D eigenvalue weighted by molar-refractivity contribution is 9.10. The van der Waals surface area contributed by atoms with Crippen molar-refractivity contribution in [2.24, 2.45) is 0 Å². The Kier molecular flexibility index (Phi) is 7.69. The van der Waals surface area contributed by atoms with Crippen molar-refractivity contribution >= 4 is 33.8 Å². The lowest BCUT2D eigenvalue weighted by Crippen LogP contribution is -2.31. The van der Waals surface area contributed by atoms with Gasteiger partial charge < -0.3 is 14.8 Å². The van der Waals surface area contributed by atoms with Gasteiger partial charge in [-0.25, -0.2) is 9.78 Å². The van der Waals surface area contributed by atoms with Gasteiger partial charge in [-0.2, -0.15) is 0 Å². The summed E-state index contributed by atoms with van der Waals surface area (Å²) in [4.78, 5) is 40.5. The number of nitrogens with zero attached hydrogens (tertiary/aromatic N) is 1. The van der Waals surface area contributed by atoms with Crippen LogP contribution in [0.25, 0.3) is 0 Å². The van der Waals surface area contributed by atoms with Gasteiger partial charge in [0, 0.05) is 4.47 Å². The van der Waals surface area contributed by atoms with E-state index in [1.807, 2.05) is 18.2 Å². The molecule has 0 fully saturated rings. The Balaban J connectivity index is 2.24. The summed E-state index contributed by atoms with van der Waals surface area (Å²) in [6.45, 7) is 3.59. The number of hydrogen-bond acceptors (Lipinski definition) is 6. The zero-order chi connectivity index (χ0) is 20.7. The number of rotatable bonds is 7. The van der Waals surface area contributed by atoms with Crippen LogP contribution in [0.3, 0.4) is 0 Å². The maximum atomic E-state index is 12.7. The Morgan fingerprint density at radius 3 is 2.57 bits per heavy atom. The summed E-state index contributed by atoms with van der Waals surface area (Å²) >= 11 is 3.38. The van der Waals surface area contributed by atoms with Crippen molar-refractivity contribution in [3.05, 3.63) is 63.4 Å². The third-order valence-corrected chi connectivity index (χ3v) is 4.46. The second-order valence-electron chi connectivity index (χ2n) is 5.91. The van der Waals surface area contributed by atoms with Gasteiger partial charge in [-0.15, -0.1) is 0 Å². The number of halogens is 1. The Bertz CT molecular complexity index is 885. The number of carbonyl (C=O) groups is 3. The Morgan fingerprint density at radius 2 is 1.96 bits per heavy atom. The number of carbonyl (C=O) groups excluding carboxylic acids is 3. The molecule has 0 radical (unpaired) electrons. The zero-order valence-electron chi connectivity index (χ0n) is 15.8. The first-order valence-corrected chi connectivity index (χ1v) is 9.43. The van der Waals surface area contributed by atoms with Gasteiger partial charge in [-0.05, 0) is 43.7 Å². The summed E-state index contributed by atoms with van der Waals surface area (Å²) in [5.41, 5.74) is 1.57. The minimum Gasteiger partial charge on any atom is -0.469 e. The molecule has 0 saturated heterocycles. The molecular weight excluding hydrogens is 428 g/mol. The largest absolute Gasteiger partial charge is 0.469 e. The average Bonchev–Trinajstić information content (AvgIpc) is 2.67. The number of methoxy groups -OCH3 is 1. The van der Waals surface area contributed by atoms with E-state index in [1.165, 1.54) is 19.2 Å². The van der Waals surface area contributed by atoms with E-state index in [4.69, 9.17) is 9.47 Å². The van der Waals surface area contributed by atoms with Gasteiger partial charge in [-0.1, -0.05) is 28.1 Å². The fraction of sp³-hybridized carbons (Fsp3) is 0.300. The van der Waals surface area contributed by atoms with E-state index in [0.717, 1.165) is 10.0 Å². The monoisotopic (exact) mass is 448 g/mol. The van der Waals surface area contributed by atoms with E-state index in [-0.39, 0.29) is 18.7 Å². The molecule has 1 heterocycles. The maximum Gasteiger partial charge on any atom is 0.339 e. The number of ether oxygens (including phenoxy) is 2. The second kappa shape index (κ2) is 9.98. The average molecular weight is 449 g/mol. The molecular formula is C20H21BrN2O5. The van der Waals surface area contributed by atoms with Crippen LogP contribution in [0, 0.1) is 6.92 Å². The van der Waals surface area contributed by atoms with Gasteiger partial charge in [-0.3, -0.25) is 9.59 Å². The smallest absolute Gasteiger partial charge is 0.339 e. The molecule has 8 heteroatoms. The van der Waals surface area contributed by atoms with Crippen molar-refractivity contribution in [3.63, 3.8) is 0 Å². The minimum absolute atomic E-state index is 0.0292. The Morgan fingerprint density at radius 1 is 1.21 bits per heavy atom. The number of aryl methyl sites for hydroxylation is 1. The summed E-state index contributed by atoms with van der Waals surface area (Å²) in [7, 11) is 1.29. The molecule has 1 atom stereocenters. The van der Waals surface area contributed by atoms with Crippen molar-refractivity contribution < 1.29 is 23.9 Å². The molecule has 1 amide bonds. The zero-order valence-corrected chi connectivity index (χ0v) is 17.4. The topological polar surface area (TPSA) is 94.6 Å². The predicted molar refractivity (Wildman–Crippen MR) is 106 cm³/mol. The molecule has 0 bridgehead atoms. The number of nitrogens with one attached hydrogen (secondary N) is 1. The van der Waals surface area contributed by atoms with Crippen LogP contribution >= 0.6 is 15.9 Å². The Labute approximate surface area is 171 Å². The highest BCUT2D eigenvalue weighted by Crippen LogP contribution is 2.22. The standard InChI is InChI=1S/C20H21BrN2O5/c1-4-28-20(26)15-8-9-16(22-12(15)2)19(25)23-17(11-18(24)27-3)13-6-5-7-14(21)10-13/h5-10,17H,4,11H2,1-3H3,(H,23,25). The molecule has 0 aliphatic heterocycles. The van der Waals surface area contributed by atoms with E-state index in [1.54, 1.807) is 19.9 Å². The van der Waals surface area contributed by atoms with Crippen molar-refractivity contribution in [2.75, 3.05) is 13.7 Å². The molecule has 28 heavy (non-hydrogen) atoms. The Hall–Kier alpha value is -2.74. The molecule has 0 aliphatic rings.